The number of hydrogen-bond donors (Lipinski definition) is 4. The number of aromatic hydroxyl groups is 1. The Morgan fingerprint density at radius 1 is 0.932 bits per heavy atom. The van der Waals surface area contributed by atoms with Gasteiger partial charge < -0.3 is 34.8 Å². The molecule has 5 atom stereocenters. The second kappa shape index (κ2) is 21.6. The van der Waals surface area contributed by atoms with E-state index in [-0.39, 0.29) is 41.5 Å². The van der Waals surface area contributed by atoms with Gasteiger partial charge in [0, 0.05) is 30.6 Å². The van der Waals surface area contributed by atoms with Gasteiger partial charge in [0.1, 0.15) is 36.1 Å². The number of aryl methyl sites for hydroxylation is 2. The molecular formula is C51H61NO7. The first kappa shape index (κ1) is 43.2. The van der Waals surface area contributed by atoms with Gasteiger partial charge in [0.25, 0.3) is 0 Å². The van der Waals surface area contributed by atoms with Crippen molar-refractivity contribution in [2.24, 2.45) is 11.8 Å². The van der Waals surface area contributed by atoms with Crippen LogP contribution in [-0.2, 0) is 29.0 Å². The molecule has 0 fully saturated rings. The van der Waals surface area contributed by atoms with Gasteiger partial charge >= 0.3 is 0 Å². The fraction of sp³-hybridized carbons (Fsp3) is 0.431. The summed E-state index contributed by atoms with van der Waals surface area (Å²) in [5.74, 6) is 5.01. The highest BCUT2D eigenvalue weighted by Gasteiger charge is 2.27. The molecule has 0 radical (unpaired) electrons. The number of ether oxygens (including phenoxy) is 3. The molecule has 7 rings (SSSR count). The molecule has 312 valence electrons. The van der Waals surface area contributed by atoms with Crippen LogP contribution >= 0.6 is 0 Å². The highest BCUT2D eigenvalue weighted by atomic mass is 16.5. The number of carbonyl (C=O) groups is 1. The van der Waals surface area contributed by atoms with E-state index in [1.54, 1.807) is 26.2 Å². The van der Waals surface area contributed by atoms with Gasteiger partial charge in [-0.15, -0.1) is 0 Å². The number of nitrogens with one attached hydrogen (secondary N) is 1. The lowest BCUT2D eigenvalue weighted by Crippen LogP contribution is -2.24. The third-order valence-corrected chi connectivity index (χ3v) is 11.5. The summed E-state index contributed by atoms with van der Waals surface area (Å²) < 4.78 is 18.3. The molecule has 0 saturated heterocycles. The summed E-state index contributed by atoms with van der Waals surface area (Å²) in [6.45, 7) is 4.78. The fourth-order valence-corrected chi connectivity index (χ4v) is 8.32. The quantitative estimate of drug-likeness (QED) is 0.0694. The van der Waals surface area contributed by atoms with Gasteiger partial charge in [-0.1, -0.05) is 81.0 Å². The second-order valence-corrected chi connectivity index (χ2v) is 16.3. The molecular weight excluding hydrogens is 739 g/mol. The average molecular weight is 800 g/mol. The number of fused-ring (bicyclic) bond motifs is 9. The molecule has 4 aromatic rings. The Kier molecular flexibility index (Phi) is 15.8. The van der Waals surface area contributed by atoms with Crippen molar-refractivity contribution in [3.05, 3.63) is 119 Å². The van der Waals surface area contributed by atoms with Crippen LogP contribution in [0.15, 0.2) is 96.8 Å². The molecule has 59 heavy (non-hydrogen) atoms. The van der Waals surface area contributed by atoms with Crippen LogP contribution < -0.4 is 14.8 Å². The lowest BCUT2D eigenvalue weighted by molar-refractivity contribution is -0.121. The maximum Gasteiger partial charge on any atom is 0.161 e. The number of hydrogen-bond acceptors (Lipinski definition) is 8. The zero-order chi connectivity index (χ0) is 41.6. The summed E-state index contributed by atoms with van der Waals surface area (Å²) in [7, 11) is 1.62. The average Bonchev–Trinajstić information content (AvgIpc) is 3.23. The number of phenolic OH excluding ortho intramolecular Hbond substituents is 1. The van der Waals surface area contributed by atoms with E-state index in [1.165, 1.54) is 5.56 Å². The number of ketones is 1. The predicted octanol–water partition coefficient (Wildman–Crippen LogP) is 10.9. The first-order valence-corrected chi connectivity index (χ1v) is 21.5. The molecule has 3 aliphatic rings. The molecule has 0 aromatic heterocycles. The zero-order valence-electron chi connectivity index (χ0n) is 34.9. The van der Waals surface area contributed by atoms with Crippen LogP contribution in [0.3, 0.4) is 0 Å². The van der Waals surface area contributed by atoms with Crippen molar-refractivity contribution in [3.63, 3.8) is 0 Å². The van der Waals surface area contributed by atoms with E-state index in [1.807, 2.05) is 54.6 Å². The molecule has 8 nitrogen and oxygen atoms in total. The molecule has 1 aliphatic carbocycles. The first-order chi connectivity index (χ1) is 28.7. The van der Waals surface area contributed by atoms with Crippen molar-refractivity contribution >= 4 is 22.2 Å². The van der Waals surface area contributed by atoms with Crippen LogP contribution in [0.2, 0.25) is 0 Å². The Balaban J connectivity index is 1.24. The van der Waals surface area contributed by atoms with Crippen LogP contribution in [-0.4, -0.2) is 47.0 Å². The summed E-state index contributed by atoms with van der Waals surface area (Å²) in [4.78, 5) is 13.7. The number of methoxy groups -OCH3 is 1. The number of anilines is 1. The Morgan fingerprint density at radius 2 is 1.78 bits per heavy atom. The van der Waals surface area contributed by atoms with Crippen molar-refractivity contribution in [2.75, 3.05) is 19.0 Å². The monoisotopic (exact) mass is 799 g/mol. The molecule has 6 bridgehead atoms. The summed E-state index contributed by atoms with van der Waals surface area (Å²) in [6, 6.07) is 24.0. The summed E-state index contributed by atoms with van der Waals surface area (Å²) in [5.41, 5.74) is 5.01. The Morgan fingerprint density at radius 3 is 2.61 bits per heavy atom. The molecule has 4 aromatic carbocycles. The minimum Gasteiger partial charge on any atom is -0.508 e. The highest BCUT2D eigenvalue weighted by molar-refractivity contribution is 5.89. The standard InChI is InChI=1S/C51H61NO7/c1-4-5-6-13-40-25-26-58-46(31-42-30-44(54)21-18-39(42)12-8-7-10-36-11-9-14-43(28-36)52-33-35(2)53)32-45(55)20-15-37-17-24-49(57-3)50(29-37)59-34-38-16-22-47-41(27-38)19-23-48(56)51(40)47/h9,11,14,16-19,21-24,27-30,35,39-40,42,46,52-54,56H,4-8,10,12-13,15,20,31-34H2,1-3H3/t35-,39+,40+,42+,46-/m0/s1. The lowest BCUT2D eigenvalue weighted by Gasteiger charge is -2.28. The normalized spacial score (nSPS) is 20.0. The summed E-state index contributed by atoms with van der Waals surface area (Å²) >= 11 is 0. The van der Waals surface area contributed by atoms with E-state index in [0.29, 0.717) is 43.9 Å². The maximum absolute atomic E-state index is 13.7. The largest absolute Gasteiger partial charge is 0.508 e. The van der Waals surface area contributed by atoms with Crippen LogP contribution in [0, 0.1) is 23.9 Å². The van der Waals surface area contributed by atoms with Crippen molar-refractivity contribution in [1.29, 1.82) is 0 Å². The molecule has 2 heterocycles. The van der Waals surface area contributed by atoms with Gasteiger partial charge in [-0.05, 0) is 133 Å². The second-order valence-electron chi connectivity index (χ2n) is 16.3. The van der Waals surface area contributed by atoms with Crippen LogP contribution in [0.1, 0.15) is 106 Å². The third kappa shape index (κ3) is 12.6. The van der Waals surface area contributed by atoms with Gasteiger partial charge in [0.2, 0.25) is 0 Å². The predicted molar refractivity (Wildman–Crippen MR) is 236 cm³/mol. The number of rotatable bonds is 15. The van der Waals surface area contributed by atoms with Crippen molar-refractivity contribution < 1.29 is 34.3 Å². The number of unbranched alkanes of at least 4 members (excludes halogenated alkanes) is 3. The first-order valence-electron chi connectivity index (χ1n) is 21.5. The Labute approximate surface area is 350 Å². The SMILES string of the molecule is CCCCC[C@@H]1C#CO[C@@H](C[C@H]2C=C(O)C=C[C@H]2CCCCc2cccc(NC[C@H](C)O)c2)CC(=O)CCc2ccc(OC)c(c2)OCc2ccc3c1c(O)ccc3c2. The molecule has 8 heteroatoms. The van der Waals surface area contributed by atoms with E-state index >= 15 is 0 Å². The number of benzene rings is 4. The topological polar surface area (TPSA) is 117 Å². The van der Waals surface area contributed by atoms with E-state index in [4.69, 9.17) is 14.2 Å². The molecule has 0 unspecified atom stereocenters. The van der Waals surface area contributed by atoms with E-state index in [0.717, 1.165) is 84.5 Å². The number of carbonyl (C=O) groups excluding carboxylic acids is 1. The van der Waals surface area contributed by atoms with Crippen LogP contribution in [0.25, 0.3) is 10.8 Å². The van der Waals surface area contributed by atoms with Gasteiger partial charge in [-0.2, -0.15) is 0 Å². The Hall–Kier alpha value is -5.39. The number of aliphatic hydroxyl groups is 2. The summed E-state index contributed by atoms with van der Waals surface area (Å²) in [6.07, 6.45) is 17.2. The number of phenols is 1. The van der Waals surface area contributed by atoms with Gasteiger partial charge in [-0.3, -0.25) is 4.79 Å². The van der Waals surface area contributed by atoms with Crippen molar-refractivity contribution in [3.8, 4) is 29.3 Å². The van der Waals surface area contributed by atoms with Gasteiger partial charge in [0.05, 0.1) is 19.1 Å². The molecule has 0 spiro atoms. The van der Waals surface area contributed by atoms with Crippen molar-refractivity contribution in [2.45, 2.75) is 116 Å². The Bertz CT molecular complexity index is 2140. The smallest absolute Gasteiger partial charge is 0.161 e. The molecule has 2 aliphatic heterocycles. The zero-order valence-corrected chi connectivity index (χ0v) is 34.9. The minimum atomic E-state index is -0.494. The number of aliphatic hydroxyl groups excluding tert-OH is 2. The van der Waals surface area contributed by atoms with E-state index in [9.17, 15) is 20.1 Å². The molecule has 4 N–H and O–H groups in total. The number of allylic oxidation sites excluding steroid dienone is 3. The minimum absolute atomic E-state index is 0.0350. The third-order valence-electron chi connectivity index (χ3n) is 11.5. The van der Waals surface area contributed by atoms with Gasteiger partial charge in [0.15, 0.2) is 11.5 Å². The molecule has 0 amide bonds. The van der Waals surface area contributed by atoms with E-state index in [2.05, 4.69) is 48.5 Å². The summed E-state index contributed by atoms with van der Waals surface area (Å²) in [5, 5.41) is 36.9. The van der Waals surface area contributed by atoms with Crippen LogP contribution in [0.4, 0.5) is 5.69 Å². The van der Waals surface area contributed by atoms with Crippen molar-refractivity contribution in [1.82, 2.24) is 0 Å². The maximum atomic E-state index is 13.7. The van der Waals surface area contributed by atoms with E-state index < -0.39 is 12.2 Å². The van der Waals surface area contributed by atoms with Gasteiger partial charge in [-0.25, -0.2) is 0 Å². The molecule has 0 saturated carbocycles. The highest BCUT2D eigenvalue weighted by Crippen LogP contribution is 2.38. The lowest BCUT2D eigenvalue weighted by atomic mass is 9.80. The van der Waals surface area contributed by atoms with Crippen LogP contribution in [0.5, 0.6) is 17.2 Å². The number of Topliss-reactive ketones (excluding diaryl/α,β-unsaturated/α-hetero) is 1. The fourth-order valence-electron chi connectivity index (χ4n) is 8.32.